The van der Waals surface area contributed by atoms with Crippen molar-refractivity contribution in [3.8, 4) is 11.4 Å². The number of aryl methyl sites for hydroxylation is 3. The molecule has 3 rings (SSSR count). The Morgan fingerprint density at radius 1 is 1.08 bits per heavy atom. The Bertz CT molecular complexity index is 846. The van der Waals surface area contributed by atoms with Gasteiger partial charge in [-0.1, -0.05) is 30.3 Å². The summed E-state index contributed by atoms with van der Waals surface area (Å²) in [6.07, 6.45) is 0.698. The normalized spacial score (nSPS) is 10.6. The van der Waals surface area contributed by atoms with Gasteiger partial charge in [-0.3, -0.25) is 4.79 Å². The van der Waals surface area contributed by atoms with E-state index in [1.54, 1.807) is 12.1 Å². The van der Waals surface area contributed by atoms with Gasteiger partial charge >= 0.3 is 0 Å². The smallest absolute Gasteiger partial charge is 0.255 e. The maximum absolute atomic E-state index is 12.4. The van der Waals surface area contributed by atoms with Crippen molar-refractivity contribution in [3.63, 3.8) is 0 Å². The molecule has 0 spiro atoms. The molecule has 24 heavy (non-hydrogen) atoms. The average molecular weight is 321 g/mol. The van der Waals surface area contributed by atoms with Gasteiger partial charge in [-0.05, 0) is 49.2 Å². The summed E-state index contributed by atoms with van der Waals surface area (Å²) in [7, 11) is 0. The number of hydrogen-bond donors (Lipinski definition) is 1. The lowest BCUT2D eigenvalue weighted by molar-refractivity contribution is 0.102. The van der Waals surface area contributed by atoms with Crippen molar-refractivity contribution in [3.05, 3.63) is 65.0 Å². The summed E-state index contributed by atoms with van der Waals surface area (Å²) in [5.74, 6) is 0.990. The molecule has 1 amide bonds. The second-order valence-electron chi connectivity index (χ2n) is 5.77. The number of amides is 1. The Balaban J connectivity index is 1.76. The molecule has 0 aliphatic rings. The molecule has 5 heteroatoms. The van der Waals surface area contributed by atoms with Crippen LogP contribution >= 0.6 is 0 Å². The maximum Gasteiger partial charge on any atom is 0.255 e. The van der Waals surface area contributed by atoms with Crippen molar-refractivity contribution in [2.24, 2.45) is 0 Å². The molecule has 0 saturated heterocycles. The highest BCUT2D eigenvalue weighted by molar-refractivity contribution is 6.04. The van der Waals surface area contributed by atoms with Gasteiger partial charge in [0.2, 0.25) is 11.7 Å². The SMILES string of the molecule is CCc1nc(-c2ccc(C(=O)Nc3cc(C)cc(C)c3)cc2)no1. The molecule has 0 fully saturated rings. The van der Waals surface area contributed by atoms with Crippen LogP contribution in [-0.2, 0) is 6.42 Å². The quantitative estimate of drug-likeness (QED) is 0.783. The summed E-state index contributed by atoms with van der Waals surface area (Å²) < 4.78 is 5.11. The van der Waals surface area contributed by atoms with Crippen molar-refractivity contribution in [2.75, 3.05) is 5.32 Å². The molecule has 122 valence electrons. The van der Waals surface area contributed by atoms with Gasteiger partial charge in [-0.25, -0.2) is 0 Å². The minimum atomic E-state index is -0.145. The number of nitrogens with zero attached hydrogens (tertiary/aromatic N) is 2. The first-order valence-electron chi connectivity index (χ1n) is 7.88. The highest BCUT2D eigenvalue weighted by Gasteiger charge is 2.10. The molecule has 0 aliphatic heterocycles. The fourth-order valence-corrected chi connectivity index (χ4v) is 2.54. The van der Waals surface area contributed by atoms with Crippen LogP contribution in [0.1, 0.15) is 34.3 Å². The van der Waals surface area contributed by atoms with Crippen LogP contribution in [0.25, 0.3) is 11.4 Å². The lowest BCUT2D eigenvalue weighted by Gasteiger charge is -2.08. The van der Waals surface area contributed by atoms with Crippen molar-refractivity contribution in [2.45, 2.75) is 27.2 Å². The van der Waals surface area contributed by atoms with Gasteiger partial charge < -0.3 is 9.84 Å². The Morgan fingerprint density at radius 2 is 1.75 bits per heavy atom. The minimum Gasteiger partial charge on any atom is -0.339 e. The maximum atomic E-state index is 12.4. The standard InChI is InChI=1S/C19H19N3O2/c1-4-17-21-18(22-24-17)14-5-7-15(8-6-14)19(23)20-16-10-12(2)9-13(3)11-16/h5-11H,4H2,1-3H3,(H,20,23). The average Bonchev–Trinajstić information content (AvgIpc) is 3.03. The zero-order valence-corrected chi connectivity index (χ0v) is 14.0. The van der Waals surface area contributed by atoms with Gasteiger partial charge in [0.05, 0.1) is 0 Å². The lowest BCUT2D eigenvalue weighted by atomic mass is 10.1. The Labute approximate surface area is 140 Å². The number of carbonyl (C=O) groups excluding carboxylic acids is 1. The third kappa shape index (κ3) is 3.51. The molecule has 1 aromatic heterocycles. The van der Waals surface area contributed by atoms with E-state index in [1.807, 2.05) is 45.0 Å². The highest BCUT2D eigenvalue weighted by atomic mass is 16.5. The fraction of sp³-hybridized carbons (Fsp3) is 0.211. The van der Waals surface area contributed by atoms with Gasteiger partial charge in [0.25, 0.3) is 5.91 Å². The predicted octanol–water partition coefficient (Wildman–Crippen LogP) is 4.17. The zero-order chi connectivity index (χ0) is 17.1. The van der Waals surface area contributed by atoms with E-state index in [4.69, 9.17) is 4.52 Å². The van der Waals surface area contributed by atoms with Gasteiger partial charge in [0.15, 0.2) is 0 Å². The molecule has 0 atom stereocenters. The van der Waals surface area contributed by atoms with E-state index in [1.165, 1.54) is 0 Å². The van der Waals surface area contributed by atoms with Crippen LogP contribution in [0.3, 0.4) is 0 Å². The summed E-state index contributed by atoms with van der Waals surface area (Å²) in [4.78, 5) is 16.7. The first-order chi connectivity index (χ1) is 11.5. The first-order valence-corrected chi connectivity index (χ1v) is 7.88. The number of hydrogen-bond acceptors (Lipinski definition) is 4. The first kappa shape index (κ1) is 15.9. The van der Waals surface area contributed by atoms with Gasteiger partial charge in [0, 0.05) is 23.2 Å². The second kappa shape index (κ2) is 6.66. The fourth-order valence-electron chi connectivity index (χ4n) is 2.54. The van der Waals surface area contributed by atoms with Crippen LogP contribution in [0, 0.1) is 13.8 Å². The van der Waals surface area contributed by atoms with E-state index in [-0.39, 0.29) is 5.91 Å². The van der Waals surface area contributed by atoms with E-state index < -0.39 is 0 Å². The van der Waals surface area contributed by atoms with Crippen LogP contribution in [0.4, 0.5) is 5.69 Å². The predicted molar refractivity (Wildman–Crippen MR) is 93.0 cm³/mol. The third-order valence-electron chi connectivity index (χ3n) is 3.66. The van der Waals surface area contributed by atoms with E-state index in [0.29, 0.717) is 23.7 Å². The molecule has 3 aromatic rings. The molecule has 1 heterocycles. The molecule has 2 aromatic carbocycles. The van der Waals surface area contributed by atoms with Crippen LogP contribution in [0.2, 0.25) is 0 Å². The summed E-state index contributed by atoms with van der Waals surface area (Å²) in [6, 6.07) is 13.1. The van der Waals surface area contributed by atoms with E-state index in [2.05, 4.69) is 21.5 Å². The van der Waals surface area contributed by atoms with Gasteiger partial charge in [0.1, 0.15) is 0 Å². The number of nitrogens with one attached hydrogen (secondary N) is 1. The highest BCUT2D eigenvalue weighted by Crippen LogP contribution is 2.18. The minimum absolute atomic E-state index is 0.145. The van der Waals surface area contributed by atoms with Crippen LogP contribution in [0.5, 0.6) is 0 Å². The molecule has 0 bridgehead atoms. The molecule has 1 N–H and O–H groups in total. The van der Waals surface area contributed by atoms with Crippen molar-refractivity contribution in [1.82, 2.24) is 10.1 Å². The number of benzene rings is 2. The van der Waals surface area contributed by atoms with Crippen LogP contribution in [-0.4, -0.2) is 16.0 Å². The monoisotopic (exact) mass is 321 g/mol. The number of aromatic nitrogens is 2. The Hall–Kier alpha value is -2.95. The largest absolute Gasteiger partial charge is 0.339 e. The van der Waals surface area contributed by atoms with Crippen LogP contribution < -0.4 is 5.32 Å². The van der Waals surface area contributed by atoms with Crippen LogP contribution in [0.15, 0.2) is 47.0 Å². The molecule has 0 saturated carbocycles. The second-order valence-corrected chi connectivity index (χ2v) is 5.77. The third-order valence-corrected chi connectivity index (χ3v) is 3.66. The van der Waals surface area contributed by atoms with Gasteiger partial charge in [-0.15, -0.1) is 0 Å². The lowest BCUT2D eigenvalue weighted by Crippen LogP contribution is -2.12. The van der Waals surface area contributed by atoms with Crippen molar-refractivity contribution < 1.29 is 9.32 Å². The summed E-state index contributed by atoms with van der Waals surface area (Å²) >= 11 is 0. The van der Waals surface area contributed by atoms with Crippen molar-refractivity contribution in [1.29, 1.82) is 0 Å². The number of anilines is 1. The van der Waals surface area contributed by atoms with E-state index in [9.17, 15) is 4.79 Å². The molecular weight excluding hydrogens is 302 g/mol. The molecule has 0 unspecified atom stereocenters. The van der Waals surface area contributed by atoms with E-state index >= 15 is 0 Å². The number of rotatable bonds is 4. The van der Waals surface area contributed by atoms with E-state index in [0.717, 1.165) is 22.4 Å². The molecular formula is C19H19N3O2. The summed E-state index contributed by atoms with van der Waals surface area (Å²) in [5, 5.41) is 6.86. The topological polar surface area (TPSA) is 68.0 Å². The summed E-state index contributed by atoms with van der Waals surface area (Å²) in [6.45, 7) is 5.97. The zero-order valence-electron chi connectivity index (χ0n) is 14.0. The Kier molecular flexibility index (Phi) is 4.42. The molecule has 5 nitrogen and oxygen atoms in total. The van der Waals surface area contributed by atoms with Crippen molar-refractivity contribution >= 4 is 11.6 Å². The summed E-state index contributed by atoms with van der Waals surface area (Å²) in [5.41, 5.74) is 4.43. The Morgan fingerprint density at radius 3 is 2.33 bits per heavy atom. The van der Waals surface area contributed by atoms with Gasteiger partial charge in [-0.2, -0.15) is 4.98 Å². The molecule has 0 aliphatic carbocycles. The number of carbonyl (C=O) groups is 1. The molecule has 0 radical (unpaired) electrons.